The van der Waals surface area contributed by atoms with Gasteiger partial charge in [0.1, 0.15) is 0 Å². The molecule has 92 valence electrons. The first-order valence-electron chi connectivity index (χ1n) is 5.63. The summed E-state index contributed by atoms with van der Waals surface area (Å²) < 4.78 is 1.88. The number of hydrogen-bond acceptors (Lipinski definition) is 5. The van der Waals surface area contributed by atoms with Crippen LogP contribution < -0.4 is 5.32 Å². The molecule has 1 atom stereocenters. The van der Waals surface area contributed by atoms with Gasteiger partial charge in [-0.1, -0.05) is 13.8 Å². The molecule has 0 amide bonds. The van der Waals surface area contributed by atoms with Crippen molar-refractivity contribution >= 4 is 11.8 Å². The minimum Gasteiger partial charge on any atom is -0.307 e. The maximum atomic E-state index is 4.08. The molecular weight excluding hydrogens is 222 g/mol. The highest BCUT2D eigenvalue weighted by Crippen LogP contribution is 2.08. The van der Waals surface area contributed by atoms with Crippen LogP contribution >= 0.6 is 11.8 Å². The lowest BCUT2D eigenvalue weighted by Gasteiger charge is -2.14. The molecule has 0 saturated heterocycles. The number of hydrogen-bond donors (Lipinski definition) is 1. The van der Waals surface area contributed by atoms with Crippen molar-refractivity contribution in [3.63, 3.8) is 0 Å². The van der Waals surface area contributed by atoms with E-state index >= 15 is 0 Å². The van der Waals surface area contributed by atoms with E-state index in [-0.39, 0.29) is 6.04 Å². The second kappa shape index (κ2) is 6.85. The van der Waals surface area contributed by atoms with Gasteiger partial charge in [0.05, 0.1) is 12.6 Å². The molecule has 1 rings (SSSR count). The van der Waals surface area contributed by atoms with Crippen molar-refractivity contribution < 1.29 is 0 Å². The fourth-order valence-electron chi connectivity index (χ4n) is 1.36. The van der Waals surface area contributed by atoms with Gasteiger partial charge in [-0.2, -0.15) is 11.8 Å². The van der Waals surface area contributed by atoms with Gasteiger partial charge in [-0.25, -0.2) is 4.68 Å². The van der Waals surface area contributed by atoms with E-state index in [4.69, 9.17) is 0 Å². The Kier molecular flexibility index (Phi) is 5.76. The topological polar surface area (TPSA) is 55.6 Å². The minimum atomic E-state index is 0.208. The van der Waals surface area contributed by atoms with Crippen LogP contribution in [0.2, 0.25) is 0 Å². The average molecular weight is 243 g/mol. The van der Waals surface area contributed by atoms with Gasteiger partial charge in [0.25, 0.3) is 0 Å². The third-order valence-electron chi connectivity index (χ3n) is 2.29. The first-order valence-corrected chi connectivity index (χ1v) is 7.03. The molecule has 1 N–H and O–H groups in total. The van der Waals surface area contributed by atoms with Gasteiger partial charge in [-0.3, -0.25) is 0 Å². The van der Waals surface area contributed by atoms with Crippen molar-refractivity contribution in [2.45, 2.75) is 33.4 Å². The van der Waals surface area contributed by atoms with Crippen LogP contribution in [0.1, 0.15) is 32.6 Å². The molecule has 0 saturated carbocycles. The normalized spacial score (nSPS) is 13.3. The average Bonchev–Trinajstić information content (AvgIpc) is 2.71. The van der Waals surface area contributed by atoms with Crippen molar-refractivity contribution in [2.75, 3.05) is 18.6 Å². The van der Waals surface area contributed by atoms with Crippen LogP contribution in [0, 0.1) is 5.92 Å². The molecule has 1 aromatic rings. The lowest BCUT2D eigenvalue weighted by atomic mass is 10.2. The number of nitrogens with zero attached hydrogens (tertiary/aromatic N) is 4. The summed E-state index contributed by atoms with van der Waals surface area (Å²) >= 11 is 1.80. The molecule has 0 aromatic carbocycles. The van der Waals surface area contributed by atoms with Crippen LogP contribution in [0.15, 0.2) is 0 Å². The summed E-state index contributed by atoms with van der Waals surface area (Å²) in [6.07, 6.45) is 2.09. The SMILES string of the molecule is CSCCn1nnnc1C(C)NCC(C)C. The number of nitrogens with one attached hydrogen (secondary N) is 1. The van der Waals surface area contributed by atoms with Crippen molar-refractivity contribution in [1.82, 2.24) is 25.5 Å². The summed E-state index contributed by atoms with van der Waals surface area (Å²) in [6.45, 7) is 8.34. The number of aryl methyl sites for hydroxylation is 1. The lowest BCUT2D eigenvalue weighted by Crippen LogP contribution is -2.26. The molecular formula is C10H21N5S. The molecule has 0 fully saturated rings. The van der Waals surface area contributed by atoms with Crippen molar-refractivity contribution in [3.05, 3.63) is 5.82 Å². The first-order chi connectivity index (χ1) is 7.65. The Hall–Kier alpha value is -0.620. The molecule has 1 unspecified atom stereocenters. The van der Waals surface area contributed by atoms with E-state index in [0.29, 0.717) is 5.92 Å². The first kappa shape index (κ1) is 13.4. The maximum absolute atomic E-state index is 4.08. The molecule has 0 aliphatic rings. The Bertz CT molecular complexity index is 299. The molecule has 0 radical (unpaired) electrons. The van der Waals surface area contributed by atoms with Crippen LogP contribution in [0.4, 0.5) is 0 Å². The van der Waals surface area contributed by atoms with Crippen LogP contribution in [0.25, 0.3) is 0 Å². The number of rotatable bonds is 7. The fraction of sp³-hybridized carbons (Fsp3) is 0.900. The van der Waals surface area contributed by atoms with Gasteiger partial charge in [0.2, 0.25) is 0 Å². The van der Waals surface area contributed by atoms with Crippen molar-refractivity contribution in [1.29, 1.82) is 0 Å². The van der Waals surface area contributed by atoms with Crippen molar-refractivity contribution in [3.8, 4) is 0 Å². The maximum Gasteiger partial charge on any atom is 0.167 e. The van der Waals surface area contributed by atoms with Crippen LogP contribution in [-0.4, -0.2) is 38.8 Å². The van der Waals surface area contributed by atoms with E-state index in [1.165, 1.54) is 0 Å². The second-order valence-corrected chi connectivity index (χ2v) is 5.26. The highest BCUT2D eigenvalue weighted by atomic mass is 32.2. The van der Waals surface area contributed by atoms with Crippen LogP contribution in [0.5, 0.6) is 0 Å². The van der Waals surface area contributed by atoms with Gasteiger partial charge in [0.15, 0.2) is 5.82 Å². The highest BCUT2D eigenvalue weighted by Gasteiger charge is 2.13. The summed E-state index contributed by atoms with van der Waals surface area (Å²) in [5.74, 6) is 2.60. The van der Waals surface area contributed by atoms with E-state index in [0.717, 1.165) is 24.7 Å². The number of tetrazole rings is 1. The van der Waals surface area contributed by atoms with E-state index in [1.807, 2.05) is 4.68 Å². The van der Waals surface area contributed by atoms with E-state index in [9.17, 15) is 0 Å². The Balaban J connectivity index is 2.53. The second-order valence-electron chi connectivity index (χ2n) is 4.28. The van der Waals surface area contributed by atoms with E-state index < -0.39 is 0 Å². The number of thioether (sulfide) groups is 1. The summed E-state index contributed by atoms with van der Waals surface area (Å²) in [7, 11) is 0. The molecule has 0 aliphatic heterocycles. The van der Waals surface area contributed by atoms with E-state index in [2.05, 4.69) is 47.9 Å². The smallest absolute Gasteiger partial charge is 0.167 e. The number of aromatic nitrogens is 4. The van der Waals surface area contributed by atoms with Gasteiger partial charge in [0, 0.05) is 5.75 Å². The molecule has 6 heteroatoms. The third kappa shape index (κ3) is 4.09. The minimum absolute atomic E-state index is 0.208. The Labute approximate surface area is 101 Å². The molecule has 0 aliphatic carbocycles. The molecule has 1 heterocycles. The van der Waals surface area contributed by atoms with Gasteiger partial charge in [-0.05, 0) is 36.1 Å². The Morgan fingerprint density at radius 2 is 2.12 bits per heavy atom. The Morgan fingerprint density at radius 1 is 1.38 bits per heavy atom. The highest BCUT2D eigenvalue weighted by molar-refractivity contribution is 7.98. The zero-order valence-electron chi connectivity index (χ0n) is 10.5. The summed E-state index contributed by atoms with van der Waals surface area (Å²) in [4.78, 5) is 0. The van der Waals surface area contributed by atoms with Gasteiger partial charge >= 0.3 is 0 Å². The van der Waals surface area contributed by atoms with Crippen LogP contribution in [0.3, 0.4) is 0 Å². The molecule has 5 nitrogen and oxygen atoms in total. The molecule has 0 spiro atoms. The summed E-state index contributed by atoms with van der Waals surface area (Å²) in [5.41, 5.74) is 0. The van der Waals surface area contributed by atoms with Gasteiger partial charge < -0.3 is 5.32 Å². The predicted octanol–water partition coefficient (Wildman–Crippen LogP) is 1.34. The van der Waals surface area contributed by atoms with Crippen molar-refractivity contribution in [2.24, 2.45) is 5.92 Å². The molecule has 1 aromatic heterocycles. The summed E-state index contributed by atoms with van der Waals surface area (Å²) in [5, 5.41) is 15.2. The monoisotopic (exact) mass is 243 g/mol. The largest absolute Gasteiger partial charge is 0.307 e. The molecule has 16 heavy (non-hydrogen) atoms. The predicted molar refractivity (Wildman–Crippen MR) is 67.5 cm³/mol. The summed E-state index contributed by atoms with van der Waals surface area (Å²) in [6, 6.07) is 0.208. The fourth-order valence-corrected chi connectivity index (χ4v) is 1.72. The standard InChI is InChI=1S/C10H21N5S/c1-8(2)7-11-9(3)10-12-13-14-15(10)5-6-16-4/h8-9,11H,5-7H2,1-4H3. The van der Waals surface area contributed by atoms with Gasteiger partial charge in [-0.15, -0.1) is 5.10 Å². The molecule has 0 bridgehead atoms. The van der Waals surface area contributed by atoms with E-state index in [1.54, 1.807) is 11.8 Å². The Morgan fingerprint density at radius 3 is 2.75 bits per heavy atom. The van der Waals surface area contributed by atoms with Crippen LogP contribution in [-0.2, 0) is 6.54 Å². The quantitative estimate of drug-likeness (QED) is 0.783. The zero-order valence-corrected chi connectivity index (χ0v) is 11.3. The third-order valence-corrected chi connectivity index (χ3v) is 2.88. The zero-order chi connectivity index (χ0) is 12.0. The lowest BCUT2D eigenvalue weighted by molar-refractivity contribution is 0.459.